The summed E-state index contributed by atoms with van der Waals surface area (Å²) in [5.74, 6) is 0.543. The van der Waals surface area contributed by atoms with Gasteiger partial charge in [0.25, 0.3) is 0 Å². The molecule has 74 valence electrons. The normalized spacial score (nSPS) is 15.5. The van der Waals surface area contributed by atoms with Crippen LogP contribution in [0.5, 0.6) is 0 Å². The van der Waals surface area contributed by atoms with Crippen molar-refractivity contribution in [1.29, 1.82) is 0 Å². The van der Waals surface area contributed by atoms with Gasteiger partial charge in [-0.1, -0.05) is 19.1 Å². The maximum absolute atomic E-state index is 11.7. The van der Waals surface area contributed by atoms with Crippen molar-refractivity contribution in [3.05, 3.63) is 29.3 Å². The topological polar surface area (TPSA) is 43.1 Å². The second-order valence-corrected chi connectivity index (χ2v) is 3.91. The molecule has 0 aromatic heterocycles. The Morgan fingerprint density at radius 1 is 1.50 bits per heavy atom. The quantitative estimate of drug-likeness (QED) is 0.586. The van der Waals surface area contributed by atoms with E-state index in [1.165, 1.54) is 0 Å². The molecule has 2 nitrogen and oxygen atoms in total. The molecule has 0 aliphatic heterocycles. The number of hydrogen-bond donors (Lipinski definition) is 1. The lowest BCUT2D eigenvalue weighted by Crippen LogP contribution is -2.03. The van der Waals surface area contributed by atoms with Crippen LogP contribution >= 0.6 is 0 Å². The largest absolute Gasteiger partial charge is 0.398 e. The minimum absolute atomic E-state index is 0.263. The van der Waals surface area contributed by atoms with Crippen LogP contribution in [0, 0.1) is 5.92 Å². The van der Waals surface area contributed by atoms with Crippen molar-refractivity contribution in [3.63, 3.8) is 0 Å². The van der Waals surface area contributed by atoms with Crippen molar-refractivity contribution >= 4 is 11.5 Å². The highest BCUT2D eigenvalue weighted by atomic mass is 16.1. The molecule has 0 amide bonds. The van der Waals surface area contributed by atoms with Gasteiger partial charge in [0.05, 0.1) is 0 Å². The highest BCUT2D eigenvalue weighted by molar-refractivity contribution is 6.00. The molecule has 14 heavy (non-hydrogen) atoms. The van der Waals surface area contributed by atoms with Crippen molar-refractivity contribution in [2.24, 2.45) is 5.92 Å². The van der Waals surface area contributed by atoms with E-state index in [-0.39, 0.29) is 11.7 Å². The van der Waals surface area contributed by atoms with Crippen LogP contribution in [0.4, 0.5) is 5.69 Å². The molecule has 1 aromatic rings. The Morgan fingerprint density at radius 3 is 2.71 bits per heavy atom. The predicted molar refractivity (Wildman–Crippen MR) is 57.3 cm³/mol. The molecule has 1 aliphatic carbocycles. The fourth-order valence-electron chi connectivity index (χ4n) is 1.65. The van der Waals surface area contributed by atoms with Crippen molar-refractivity contribution in [3.8, 4) is 0 Å². The van der Waals surface area contributed by atoms with Crippen LogP contribution in [0.15, 0.2) is 18.2 Å². The zero-order valence-corrected chi connectivity index (χ0v) is 8.42. The van der Waals surface area contributed by atoms with Crippen LogP contribution in [0.25, 0.3) is 0 Å². The molecule has 0 unspecified atom stereocenters. The number of carbonyl (C=O) groups is 1. The third-order valence-electron chi connectivity index (χ3n) is 2.76. The van der Waals surface area contributed by atoms with E-state index in [0.29, 0.717) is 0 Å². The first-order chi connectivity index (χ1) is 6.72. The molecule has 2 heteroatoms. The van der Waals surface area contributed by atoms with Gasteiger partial charge in [0.1, 0.15) is 0 Å². The van der Waals surface area contributed by atoms with Crippen molar-refractivity contribution in [2.45, 2.75) is 26.2 Å². The van der Waals surface area contributed by atoms with E-state index in [2.05, 4.69) is 6.92 Å². The summed E-state index contributed by atoms with van der Waals surface area (Å²) in [6.45, 7) is 2.06. The first kappa shape index (κ1) is 9.25. The number of carbonyl (C=O) groups excluding carboxylic acids is 1. The lowest BCUT2D eigenvalue weighted by Gasteiger charge is -2.05. The smallest absolute Gasteiger partial charge is 0.166 e. The lowest BCUT2D eigenvalue weighted by molar-refractivity contribution is 0.0967. The molecule has 0 radical (unpaired) electrons. The second kappa shape index (κ2) is 3.45. The molecule has 2 N–H and O–H groups in total. The number of anilines is 1. The van der Waals surface area contributed by atoms with Gasteiger partial charge < -0.3 is 5.73 Å². The van der Waals surface area contributed by atoms with Gasteiger partial charge in [0, 0.05) is 17.2 Å². The number of benzene rings is 1. The molecule has 0 atom stereocenters. The van der Waals surface area contributed by atoms with E-state index in [4.69, 9.17) is 5.73 Å². The molecule has 0 spiro atoms. The van der Waals surface area contributed by atoms with Gasteiger partial charge in [-0.15, -0.1) is 0 Å². The SMILES string of the molecule is CCc1ccc(C(=O)C2CC2)cc1N. The van der Waals surface area contributed by atoms with E-state index in [0.717, 1.165) is 36.1 Å². The van der Waals surface area contributed by atoms with Gasteiger partial charge in [0.15, 0.2) is 5.78 Å². The molecule has 1 fully saturated rings. The fraction of sp³-hybridized carbons (Fsp3) is 0.417. The van der Waals surface area contributed by atoms with Crippen LogP contribution in [-0.4, -0.2) is 5.78 Å². The second-order valence-electron chi connectivity index (χ2n) is 3.91. The molecule has 0 bridgehead atoms. The van der Waals surface area contributed by atoms with E-state index in [9.17, 15) is 4.79 Å². The summed E-state index contributed by atoms with van der Waals surface area (Å²) in [7, 11) is 0. The standard InChI is InChI=1S/C12H15NO/c1-2-8-3-6-10(7-11(8)13)12(14)9-4-5-9/h3,6-7,9H,2,4-5,13H2,1H3. The molecular weight excluding hydrogens is 174 g/mol. The average Bonchev–Trinajstić information content (AvgIpc) is 3.00. The van der Waals surface area contributed by atoms with Gasteiger partial charge in [-0.25, -0.2) is 0 Å². The first-order valence-electron chi connectivity index (χ1n) is 5.15. The van der Waals surface area contributed by atoms with Gasteiger partial charge >= 0.3 is 0 Å². The molecular formula is C12H15NO. The fourth-order valence-corrected chi connectivity index (χ4v) is 1.65. The van der Waals surface area contributed by atoms with Crippen molar-refractivity contribution in [2.75, 3.05) is 5.73 Å². The zero-order valence-electron chi connectivity index (χ0n) is 8.42. The van der Waals surface area contributed by atoms with Crippen LogP contribution in [0.2, 0.25) is 0 Å². The first-order valence-corrected chi connectivity index (χ1v) is 5.15. The third-order valence-corrected chi connectivity index (χ3v) is 2.76. The number of Topliss-reactive ketones (excluding diaryl/α,β-unsaturated/α-hetero) is 1. The number of nitrogen functional groups attached to an aromatic ring is 1. The van der Waals surface area contributed by atoms with E-state index >= 15 is 0 Å². The van der Waals surface area contributed by atoms with Gasteiger partial charge in [0.2, 0.25) is 0 Å². The highest BCUT2D eigenvalue weighted by Gasteiger charge is 2.30. The van der Waals surface area contributed by atoms with Gasteiger partial charge in [-0.2, -0.15) is 0 Å². The summed E-state index contributed by atoms with van der Waals surface area (Å²) < 4.78 is 0. The lowest BCUT2D eigenvalue weighted by atomic mass is 10.0. The number of ketones is 1. The Morgan fingerprint density at radius 2 is 2.21 bits per heavy atom. The van der Waals surface area contributed by atoms with Crippen molar-refractivity contribution < 1.29 is 4.79 Å². The predicted octanol–water partition coefficient (Wildman–Crippen LogP) is 2.42. The summed E-state index contributed by atoms with van der Waals surface area (Å²) in [4.78, 5) is 11.7. The third kappa shape index (κ3) is 1.65. The molecule has 0 saturated heterocycles. The van der Waals surface area contributed by atoms with Crippen LogP contribution in [-0.2, 0) is 6.42 Å². The summed E-state index contributed by atoms with van der Waals surface area (Å²) >= 11 is 0. The minimum atomic E-state index is 0.263. The number of nitrogens with two attached hydrogens (primary N) is 1. The summed E-state index contributed by atoms with van der Waals surface area (Å²) in [6.07, 6.45) is 3.02. The molecule has 1 saturated carbocycles. The van der Waals surface area contributed by atoms with Crippen molar-refractivity contribution in [1.82, 2.24) is 0 Å². The number of aryl methyl sites for hydroxylation is 1. The summed E-state index contributed by atoms with van der Waals surface area (Å²) in [5.41, 5.74) is 8.49. The molecule has 1 aromatic carbocycles. The Kier molecular flexibility index (Phi) is 2.28. The Bertz CT molecular complexity index is 367. The molecule has 0 heterocycles. The monoisotopic (exact) mass is 189 g/mol. The van der Waals surface area contributed by atoms with Crippen LogP contribution in [0.3, 0.4) is 0 Å². The summed E-state index contributed by atoms with van der Waals surface area (Å²) in [6, 6.07) is 5.68. The van der Waals surface area contributed by atoms with E-state index < -0.39 is 0 Å². The Balaban J connectivity index is 2.27. The number of rotatable bonds is 3. The van der Waals surface area contributed by atoms with Crippen LogP contribution < -0.4 is 5.73 Å². The Hall–Kier alpha value is -1.31. The summed E-state index contributed by atoms with van der Waals surface area (Å²) in [5, 5.41) is 0. The highest BCUT2D eigenvalue weighted by Crippen LogP contribution is 2.33. The maximum Gasteiger partial charge on any atom is 0.166 e. The maximum atomic E-state index is 11.7. The average molecular weight is 189 g/mol. The minimum Gasteiger partial charge on any atom is -0.398 e. The molecule has 2 rings (SSSR count). The Labute approximate surface area is 84.1 Å². The van der Waals surface area contributed by atoms with Gasteiger partial charge in [-0.3, -0.25) is 4.79 Å². The number of hydrogen-bond acceptors (Lipinski definition) is 2. The van der Waals surface area contributed by atoms with Crippen LogP contribution in [0.1, 0.15) is 35.7 Å². The van der Waals surface area contributed by atoms with Gasteiger partial charge in [-0.05, 0) is 30.9 Å². The molecule has 1 aliphatic rings. The van der Waals surface area contributed by atoms with E-state index in [1.54, 1.807) is 0 Å². The van der Waals surface area contributed by atoms with E-state index in [1.807, 2.05) is 18.2 Å². The zero-order chi connectivity index (χ0) is 10.1.